The van der Waals surface area contributed by atoms with Crippen LogP contribution in [0.2, 0.25) is 0 Å². The maximum atomic E-state index is 0. The van der Waals surface area contributed by atoms with Crippen LogP contribution in [0.1, 0.15) is 0 Å². The topological polar surface area (TPSA) is 35.0 Å². The Balaban J connectivity index is 0. The molecule has 0 rings (SSSR count). The second-order valence-electron chi connectivity index (χ2n) is 0. The zero-order valence-electron chi connectivity index (χ0n) is 2.20. The Morgan fingerprint density at radius 1 is 1.00 bits per heavy atom. The SMILES string of the molecule is F.N.[F-].[Zn+]. The summed E-state index contributed by atoms with van der Waals surface area (Å²) in [5, 5.41) is 0. The summed E-state index contributed by atoms with van der Waals surface area (Å²) in [5.74, 6) is 0. The second kappa shape index (κ2) is 105. The molecule has 0 aliphatic carbocycles. The average Bonchev–Trinajstić information content (AvgIpc) is 0. The first kappa shape index (κ1) is 268. The summed E-state index contributed by atoms with van der Waals surface area (Å²) in [6, 6.07) is 0. The maximum Gasteiger partial charge on any atom is 1.00 e. The van der Waals surface area contributed by atoms with Crippen LogP contribution in [0.15, 0.2) is 0 Å². The summed E-state index contributed by atoms with van der Waals surface area (Å²) in [7, 11) is 0. The molecular formula is H4F2NZn. The Kier molecular flexibility index (Phi) is 7010. The van der Waals surface area contributed by atoms with E-state index in [1.165, 1.54) is 0 Å². The van der Waals surface area contributed by atoms with E-state index in [1.54, 1.807) is 0 Å². The van der Waals surface area contributed by atoms with Crippen molar-refractivity contribution < 1.29 is 28.9 Å². The fourth-order valence-corrected chi connectivity index (χ4v) is 0. The Morgan fingerprint density at radius 2 is 1.00 bits per heavy atom. The van der Waals surface area contributed by atoms with E-state index in [-0.39, 0.29) is 35.0 Å². The molecule has 0 spiro atoms. The molecule has 0 aliphatic rings. The molecule has 1 radical (unpaired) electrons. The number of rotatable bonds is 0. The van der Waals surface area contributed by atoms with Crippen LogP contribution in [0.4, 0.5) is 4.70 Å². The zero-order chi connectivity index (χ0) is 0. The monoisotopic (exact) mass is 120 g/mol. The molecule has 0 unspecified atom stereocenters. The van der Waals surface area contributed by atoms with Crippen LogP contribution in [0, 0.1) is 0 Å². The fourth-order valence-electron chi connectivity index (χ4n) is 0. The molecule has 0 aromatic heterocycles. The minimum atomic E-state index is 0. The Bertz CT molecular complexity index is 6.00. The van der Waals surface area contributed by atoms with Crippen LogP contribution in [-0.2, 0) is 19.5 Å². The molecule has 0 fully saturated rings. The molecule has 0 aliphatic heterocycles. The van der Waals surface area contributed by atoms with E-state index in [9.17, 15) is 0 Å². The third-order valence-electron chi connectivity index (χ3n) is 0. The van der Waals surface area contributed by atoms with Crippen LogP contribution >= 0.6 is 0 Å². The first-order chi connectivity index (χ1) is 0. The molecule has 0 saturated heterocycles. The summed E-state index contributed by atoms with van der Waals surface area (Å²) in [4.78, 5) is 0. The molecule has 0 aromatic rings. The number of hydrogen-bond acceptors (Lipinski definition) is 1. The molecule has 0 amide bonds. The van der Waals surface area contributed by atoms with E-state index in [1.807, 2.05) is 0 Å². The van der Waals surface area contributed by atoms with Crippen LogP contribution in [0.5, 0.6) is 0 Å². The second-order valence-corrected chi connectivity index (χ2v) is 0. The predicted octanol–water partition coefficient (Wildman–Crippen LogP) is -2.68. The van der Waals surface area contributed by atoms with Crippen LogP contribution in [-0.4, -0.2) is 0 Å². The molecule has 0 heterocycles. The quantitative estimate of drug-likeness (QED) is 0.348. The van der Waals surface area contributed by atoms with E-state index in [0.29, 0.717) is 0 Å². The van der Waals surface area contributed by atoms with Gasteiger partial charge in [0.25, 0.3) is 0 Å². The summed E-state index contributed by atoms with van der Waals surface area (Å²) in [6.45, 7) is 0. The van der Waals surface area contributed by atoms with Crippen LogP contribution < -0.4 is 10.9 Å². The first-order valence-corrected chi connectivity index (χ1v) is 0. The van der Waals surface area contributed by atoms with Crippen molar-refractivity contribution in [3.05, 3.63) is 0 Å². The maximum absolute atomic E-state index is 0. The van der Waals surface area contributed by atoms with E-state index >= 15 is 0 Å². The van der Waals surface area contributed by atoms with E-state index in [0.717, 1.165) is 0 Å². The van der Waals surface area contributed by atoms with Crippen molar-refractivity contribution in [3.63, 3.8) is 0 Å². The van der Waals surface area contributed by atoms with Gasteiger partial charge in [-0.15, -0.1) is 0 Å². The molecule has 4 heteroatoms. The minimum absolute atomic E-state index is 0. The van der Waals surface area contributed by atoms with Crippen molar-refractivity contribution in [2.24, 2.45) is 0 Å². The minimum Gasteiger partial charge on any atom is -1.00 e. The molecule has 0 aromatic carbocycles. The van der Waals surface area contributed by atoms with Crippen molar-refractivity contribution >= 4 is 0 Å². The van der Waals surface area contributed by atoms with Gasteiger partial charge in [0.2, 0.25) is 0 Å². The third kappa shape index (κ3) is 25.9. The van der Waals surface area contributed by atoms with Gasteiger partial charge in [-0.2, -0.15) is 0 Å². The van der Waals surface area contributed by atoms with Gasteiger partial charge in [-0.3, -0.25) is 4.70 Å². The molecule has 3 N–H and O–H groups in total. The third-order valence-corrected chi connectivity index (χ3v) is 0. The number of hydrogen-bond donors (Lipinski definition) is 1. The molecular weight excluding hydrogens is 117 g/mol. The van der Waals surface area contributed by atoms with Gasteiger partial charge in [-0.05, 0) is 0 Å². The van der Waals surface area contributed by atoms with E-state index in [4.69, 9.17) is 0 Å². The molecule has 25 valence electrons. The van der Waals surface area contributed by atoms with Crippen molar-refractivity contribution in [3.8, 4) is 0 Å². The Labute approximate surface area is 35.8 Å². The summed E-state index contributed by atoms with van der Waals surface area (Å²) in [6.07, 6.45) is 0. The average molecular weight is 121 g/mol. The van der Waals surface area contributed by atoms with Gasteiger partial charge in [0.1, 0.15) is 0 Å². The fraction of sp³-hybridized carbons (Fsp3) is 0. The van der Waals surface area contributed by atoms with Gasteiger partial charge < -0.3 is 10.9 Å². The molecule has 0 saturated carbocycles. The van der Waals surface area contributed by atoms with E-state index in [2.05, 4.69) is 0 Å². The summed E-state index contributed by atoms with van der Waals surface area (Å²) < 4.78 is 0. The van der Waals surface area contributed by atoms with Crippen molar-refractivity contribution in [2.75, 3.05) is 0 Å². The van der Waals surface area contributed by atoms with Crippen LogP contribution in [0.25, 0.3) is 0 Å². The van der Waals surface area contributed by atoms with Crippen LogP contribution in [0.3, 0.4) is 0 Å². The van der Waals surface area contributed by atoms with Crippen molar-refractivity contribution in [1.29, 1.82) is 0 Å². The van der Waals surface area contributed by atoms with Crippen molar-refractivity contribution in [2.45, 2.75) is 0 Å². The Morgan fingerprint density at radius 3 is 1.00 bits per heavy atom. The van der Waals surface area contributed by atoms with E-state index < -0.39 is 0 Å². The standard InChI is InChI=1S/2FH.H3N.Zn/h2*1H;1H3;/q;;;+1/p-1. The number of halogens is 2. The molecule has 4 heavy (non-hydrogen) atoms. The first-order valence-electron chi connectivity index (χ1n) is 0. The van der Waals surface area contributed by atoms with Gasteiger partial charge in [0.05, 0.1) is 0 Å². The molecule has 0 atom stereocenters. The molecule has 0 bridgehead atoms. The van der Waals surface area contributed by atoms with Gasteiger partial charge in [0.15, 0.2) is 0 Å². The van der Waals surface area contributed by atoms with Crippen molar-refractivity contribution in [1.82, 2.24) is 6.15 Å². The van der Waals surface area contributed by atoms with Gasteiger partial charge >= 0.3 is 19.5 Å². The summed E-state index contributed by atoms with van der Waals surface area (Å²) >= 11 is 0. The predicted molar refractivity (Wildman–Crippen MR) is 7.53 cm³/mol. The largest absolute Gasteiger partial charge is 1.00 e. The zero-order valence-corrected chi connectivity index (χ0v) is 5.17. The summed E-state index contributed by atoms with van der Waals surface area (Å²) in [5.41, 5.74) is 0. The van der Waals surface area contributed by atoms with Gasteiger partial charge in [0, 0.05) is 0 Å². The van der Waals surface area contributed by atoms with Gasteiger partial charge in [-0.1, -0.05) is 0 Å². The smallest absolute Gasteiger partial charge is 1.00 e. The Hall–Kier alpha value is 0.443. The molecule has 1 nitrogen and oxygen atoms in total. The van der Waals surface area contributed by atoms with Gasteiger partial charge in [-0.25, -0.2) is 0 Å². The normalized spacial score (nSPS) is 0.